The standard InChI is InChI=1S/C15H21N3O/c1-12-4-2-5-13(16-12)10-18-9-3-7-15(11-18)8-6-14(19)17-15/h2,4-5H,3,6-11H2,1H3,(H,17,19). The number of nitrogens with one attached hydrogen (secondary N) is 1. The van der Waals surface area contributed by atoms with E-state index in [1.807, 2.05) is 13.0 Å². The van der Waals surface area contributed by atoms with Crippen molar-refractivity contribution in [2.24, 2.45) is 0 Å². The molecule has 2 fully saturated rings. The van der Waals surface area contributed by atoms with Crippen LogP contribution in [0.2, 0.25) is 0 Å². The molecular formula is C15H21N3O. The smallest absolute Gasteiger partial charge is 0.220 e. The number of amides is 1. The van der Waals surface area contributed by atoms with Gasteiger partial charge in [-0.05, 0) is 44.9 Å². The van der Waals surface area contributed by atoms with Crippen molar-refractivity contribution in [1.29, 1.82) is 0 Å². The number of carbonyl (C=O) groups excluding carboxylic acids is 1. The van der Waals surface area contributed by atoms with Gasteiger partial charge in [0.1, 0.15) is 0 Å². The lowest BCUT2D eigenvalue weighted by Gasteiger charge is -2.40. The van der Waals surface area contributed by atoms with Crippen LogP contribution >= 0.6 is 0 Å². The first-order valence-electron chi connectivity index (χ1n) is 7.11. The van der Waals surface area contributed by atoms with Gasteiger partial charge in [-0.15, -0.1) is 0 Å². The predicted octanol–water partition coefficient (Wildman–Crippen LogP) is 1.63. The van der Waals surface area contributed by atoms with E-state index < -0.39 is 0 Å². The highest BCUT2D eigenvalue weighted by Crippen LogP contribution is 2.30. The first-order valence-corrected chi connectivity index (χ1v) is 7.11. The maximum Gasteiger partial charge on any atom is 0.220 e. The van der Waals surface area contributed by atoms with Gasteiger partial charge in [0.25, 0.3) is 0 Å². The van der Waals surface area contributed by atoms with E-state index >= 15 is 0 Å². The van der Waals surface area contributed by atoms with Crippen molar-refractivity contribution in [3.05, 3.63) is 29.6 Å². The third-order valence-electron chi connectivity index (χ3n) is 4.22. The number of hydrogen-bond donors (Lipinski definition) is 1. The Morgan fingerprint density at radius 1 is 1.42 bits per heavy atom. The molecule has 0 aromatic carbocycles. The third kappa shape index (κ3) is 2.78. The number of hydrogen-bond acceptors (Lipinski definition) is 3. The Hall–Kier alpha value is -1.42. The van der Waals surface area contributed by atoms with E-state index in [4.69, 9.17) is 0 Å². The van der Waals surface area contributed by atoms with Crippen LogP contribution in [-0.4, -0.2) is 34.4 Å². The van der Waals surface area contributed by atoms with E-state index in [0.717, 1.165) is 50.3 Å². The first kappa shape index (κ1) is 12.6. The maximum absolute atomic E-state index is 11.5. The van der Waals surface area contributed by atoms with Gasteiger partial charge in [0.2, 0.25) is 5.91 Å². The number of pyridine rings is 1. The molecule has 102 valence electrons. The van der Waals surface area contributed by atoms with E-state index in [-0.39, 0.29) is 11.4 Å². The fourth-order valence-electron chi connectivity index (χ4n) is 3.36. The summed E-state index contributed by atoms with van der Waals surface area (Å²) in [7, 11) is 0. The van der Waals surface area contributed by atoms with Crippen LogP contribution in [0.4, 0.5) is 0 Å². The third-order valence-corrected chi connectivity index (χ3v) is 4.22. The number of piperidine rings is 1. The van der Waals surface area contributed by atoms with Gasteiger partial charge >= 0.3 is 0 Å². The summed E-state index contributed by atoms with van der Waals surface area (Å²) in [6.07, 6.45) is 3.96. The van der Waals surface area contributed by atoms with Gasteiger partial charge < -0.3 is 5.32 Å². The normalized spacial score (nSPS) is 27.7. The largest absolute Gasteiger partial charge is 0.349 e. The zero-order valence-corrected chi connectivity index (χ0v) is 11.5. The Balaban J connectivity index is 1.67. The molecule has 0 bridgehead atoms. The van der Waals surface area contributed by atoms with Gasteiger partial charge in [-0.3, -0.25) is 14.7 Å². The summed E-state index contributed by atoms with van der Waals surface area (Å²) in [5.41, 5.74) is 2.24. The average molecular weight is 259 g/mol. The molecule has 2 aliphatic rings. The molecule has 4 heteroatoms. The molecular weight excluding hydrogens is 238 g/mol. The van der Waals surface area contributed by atoms with E-state index in [1.54, 1.807) is 0 Å². The van der Waals surface area contributed by atoms with Crippen molar-refractivity contribution in [2.45, 2.75) is 44.7 Å². The zero-order valence-electron chi connectivity index (χ0n) is 11.5. The Kier molecular flexibility index (Phi) is 3.27. The van der Waals surface area contributed by atoms with Crippen LogP contribution in [0.1, 0.15) is 37.1 Å². The van der Waals surface area contributed by atoms with Crippen molar-refractivity contribution in [3.63, 3.8) is 0 Å². The molecule has 4 nitrogen and oxygen atoms in total. The van der Waals surface area contributed by atoms with Crippen LogP contribution in [0.5, 0.6) is 0 Å². The quantitative estimate of drug-likeness (QED) is 0.878. The van der Waals surface area contributed by atoms with Crippen molar-refractivity contribution >= 4 is 5.91 Å². The van der Waals surface area contributed by atoms with Crippen molar-refractivity contribution in [2.75, 3.05) is 13.1 Å². The minimum atomic E-state index is 0.0408. The monoisotopic (exact) mass is 259 g/mol. The molecule has 1 spiro atoms. The second-order valence-electron chi connectivity index (χ2n) is 5.91. The number of nitrogens with zero attached hydrogens (tertiary/aromatic N) is 2. The van der Waals surface area contributed by atoms with E-state index in [9.17, 15) is 4.79 Å². The van der Waals surface area contributed by atoms with Crippen LogP contribution in [0.3, 0.4) is 0 Å². The number of aryl methyl sites for hydroxylation is 1. The molecule has 0 radical (unpaired) electrons. The molecule has 2 saturated heterocycles. The molecule has 3 rings (SSSR count). The van der Waals surface area contributed by atoms with Gasteiger partial charge in [-0.25, -0.2) is 0 Å². The average Bonchev–Trinajstić information content (AvgIpc) is 2.70. The highest BCUT2D eigenvalue weighted by Gasteiger charge is 2.40. The Bertz CT molecular complexity index is 488. The van der Waals surface area contributed by atoms with Crippen LogP contribution in [0, 0.1) is 6.92 Å². The van der Waals surface area contributed by atoms with Crippen LogP contribution in [0.15, 0.2) is 18.2 Å². The Labute approximate surface area is 114 Å². The predicted molar refractivity (Wildman–Crippen MR) is 73.6 cm³/mol. The molecule has 1 atom stereocenters. The summed E-state index contributed by atoms with van der Waals surface area (Å²) >= 11 is 0. The van der Waals surface area contributed by atoms with Gasteiger partial charge in [0.15, 0.2) is 0 Å². The molecule has 0 saturated carbocycles. The number of aromatic nitrogens is 1. The van der Waals surface area contributed by atoms with Crippen molar-refractivity contribution < 1.29 is 4.79 Å². The van der Waals surface area contributed by atoms with Crippen molar-refractivity contribution in [3.8, 4) is 0 Å². The molecule has 1 amide bonds. The van der Waals surface area contributed by atoms with Gasteiger partial charge in [0.05, 0.1) is 11.2 Å². The molecule has 2 aliphatic heterocycles. The lowest BCUT2D eigenvalue weighted by Crippen LogP contribution is -2.54. The minimum absolute atomic E-state index is 0.0408. The van der Waals surface area contributed by atoms with Crippen LogP contribution in [-0.2, 0) is 11.3 Å². The maximum atomic E-state index is 11.5. The number of rotatable bonds is 2. The first-order chi connectivity index (χ1) is 9.15. The fraction of sp³-hybridized carbons (Fsp3) is 0.600. The Morgan fingerprint density at radius 3 is 3.05 bits per heavy atom. The van der Waals surface area contributed by atoms with Crippen LogP contribution < -0.4 is 5.32 Å². The molecule has 0 aliphatic carbocycles. The van der Waals surface area contributed by atoms with Crippen LogP contribution in [0.25, 0.3) is 0 Å². The molecule has 1 aromatic rings. The van der Waals surface area contributed by atoms with Gasteiger partial charge in [0, 0.05) is 25.2 Å². The fourth-order valence-corrected chi connectivity index (χ4v) is 3.36. The number of likely N-dealkylation sites (tertiary alicyclic amines) is 1. The summed E-state index contributed by atoms with van der Waals surface area (Å²) in [5.74, 6) is 0.218. The molecule has 1 N–H and O–H groups in total. The summed E-state index contributed by atoms with van der Waals surface area (Å²) in [5, 5.41) is 3.20. The molecule has 1 aromatic heterocycles. The highest BCUT2D eigenvalue weighted by molar-refractivity contribution is 5.79. The summed E-state index contributed by atoms with van der Waals surface area (Å²) in [6.45, 7) is 4.99. The van der Waals surface area contributed by atoms with Gasteiger partial charge in [-0.1, -0.05) is 6.07 Å². The molecule has 1 unspecified atom stereocenters. The highest BCUT2D eigenvalue weighted by atomic mass is 16.2. The summed E-state index contributed by atoms with van der Waals surface area (Å²) in [4.78, 5) is 18.5. The zero-order chi connectivity index (χ0) is 13.3. The second kappa shape index (κ2) is 4.93. The van der Waals surface area contributed by atoms with E-state index in [1.165, 1.54) is 0 Å². The van der Waals surface area contributed by atoms with E-state index in [2.05, 4.69) is 27.3 Å². The topological polar surface area (TPSA) is 45.2 Å². The van der Waals surface area contributed by atoms with Crippen molar-refractivity contribution in [1.82, 2.24) is 15.2 Å². The molecule has 19 heavy (non-hydrogen) atoms. The SMILES string of the molecule is Cc1cccc(CN2CCCC3(CCC(=O)N3)C2)n1. The van der Waals surface area contributed by atoms with Gasteiger partial charge in [-0.2, -0.15) is 0 Å². The Morgan fingerprint density at radius 2 is 2.32 bits per heavy atom. The minimum Gasteiger partial charge on any atom is -0.349 e. The lowest BCUT2D eigenvalue weighted by atomic mass is 9.87. The second-order valence-corrected chi connectivity index (χ2v) is 5.91. The number of carbonyl (C=O) groups is 1. The summed E-state index contributed by atoms with van der Waals surface area (Å²) < 4.78 is 0. The lowest BCUT2D eigenvalue weighted by molar-refractivity contribution is -0.120. The van der Waals surface area contributed by atoms with E-state index in [0.29, 0.717) is 6.42 Å². The molecule has 3 heterocycles. The summed E-state index contributed by atoms with van der Waals surface area (Å²) in [6, 6.07) is 6.18.